The molecule has 3 aromatic rings. The molecule has 9 nitrogen and oxygen atoms in total. The molecule has 2 atom stereocenters. The Morgan fingerprint density at radius 1 is 1.28 bits per heavy atom. The quantitative estimate of drug-likeness (QED) is 0.489. The van der Waals surface area contributed by atoms with E-state index in [-0.39, 0.29) is 29.6 Å². The number of anilines is 1. The lowest BCUT2D eigenvalue weighted by atomic mass is 9.87. The van der Waals surface area contributed by atoms with Gasteiger partial charge >= 0.3 is 5.76 Å². The molecule has 4 rings (SSSR count). The second-order valence-corrected chi connectivity index (χ2v) is 12.0. The van der Waals surface area contributed by atoms with E-state index in [4.69, 9.17) is 16.0 Å². The summed E-state index contributed by atoms with van der Waals surface area (Å²) in [5.74, 6) is -2.37. The Hall–Kier alpha value is -2.73. The smallest absolute Gasteiger partial charge is 0.391 e. The first-order valence-electron chi connectivity index (χ1n) is 11.3. The number of nitrogens with zero attached hydrogens (tertiary/aromatic N) is 3. The molecule has 2 N–H and O–H groups in total. The van der Waals surface area contributed by atoms with Crippen molar-refractivity contribution in [2.75, 3.05) is 18.1 Å². The molecule has 0 spiro atoms. The van der Waals surface area contributed by atoms with Gasteiger partial charge in [0.2, 0.25) is 15.9 Å². The number of hydrogen-bond acceptors (Lipinski definition) is 7. The molecule has 0 aliphatic carbocycles. The van der Waals surface area contributed by atoms with Gasteiger partial charge in [0.25, 0.3) is 0 Å². The topological polar surface area (TPSA) is 120 Å². The van der Waals surface area contributed by atoms with E-state index in [2.05, 4.69) is 10.2 Å². The van der Waals surface area contributed by atoms with E-state index < -0.39 is 39.2 Å². The number of H-pyrrole nitrogens is 1. The average molecular weight is 539 g/mol. The van der Waals surface area contributed by atoms with Crippen molar-refractivity contribution >= 4 is 27.3 Å². The number of benzene rings is 2. The minimum Gasteiger partial charge on any atom is -0.391 e. The van der Waals surface area contributed by atoms with Crippen LogP contribution < -0.4 is 10.7 Å². The highest BCUT2D eigenvalue weighted by Gasteiger charge is 2.46. The summed E-state index contributed by atoms with van der Waals surface area (Å²) in [6, 6.07) is 6.16. The van der Waals surface area contributed by atoms with Crippen LogP contribution in [0, 0.1) is 19.7 Å². The van der Waals surface area contributed by atoms with E-state index in [1.165, 1.54) is 24.3 Å². The number of nitrogens with one attached hydrogen (secondary N) is 1. The molecule has 0 unspecified atom stereocenters. The third-order valence-electron chi connectivity index (χ3n) is 6.42. The monoisotopic (exact) mass is 538 g/mol. The van der Waals surface area contributed by atoms with Gasteiger partial charge in [-0.05, 0) is 68.7 Å². The molecule has 0 radical (unpaired) electrons. The van der Waals surface area contributed by atoms with Crippen LogP contribution in [0.2, 0.25) is 5.02 Å². The van der Waals surface area contributed by atoms with Gasteiger partial charge in [-0.15, -0.1) is 5.10 Å². The van der Waals surface area contributed by atoms with Crippen molar-refractivity contribution in [2.45, 2.75) is 57.1 Å². The van der Waals surface area contributed by atoms with E-state index in [0.29, 0.717) is 16.3 Å². The molecule has 36 heavy (non-hydrogen) atoms. The second-order valence-electron chi connectivity index (χ2n) is 9.74. The fraction of sp³-hybridized carbons (Fsp3) is 0.417. The molecule has 12 heteroatoms. The van der Waals surface area contributed by atoms with Gasteiger partial charge in [0.15, 0.2) is 0 Å². The van der Waals surface area contributed by atoms with E-state index in [9.17, 15) is 18.3 Å². The number of β-amino-alcohol motifs (C(OH)–C–C–N with tert-alkyl or cyclic N) is 1. The fourth-order valence-corrected chi connectivity index (χ4v) is 6.69. The van der Waals surface area contributed by atoms with Crippen molar-refractivity contribution in [3.8, 4) is 0 Å². The standard InChI is InChI=1S/C24H28ClFN4O5S/c1-13-6-8-17(26)20(14(13)2)15(3)21(22-27-28-23(31)35-22)30-12-29(11-24(4,5)32)18-10-16(25)7-9-19(18)36(30,33)34/h6-10,15,21,32H,11-12H2,1-5H3,(H,28,31)/t15-,21+/m1/s1. The van der Waals surface area contributed by atoms with Crippen LogP contribution in [-0.4, -0.2) is 46.8 Å². The maximum absolute atomic E-state index is 15.2. The van der Waals surface area contributed by atoms with Crippen molar-refractivity contribution < 1.29 is 22.3 Å². The lowest BCUT2D eigenvalue weighted by Gasteiger charge is -2.43. The van der Waals surface area contributed by atoms with Gasteiger partial charge in [-0.25, -0.2) is 22.7 Å². The maximum atomic E-state index is 15.2. The number of aryl methyl sites for hydroxylation is 1. The van der Waals surface area contributed by atoms with Gasteiger partial charge in [0, 0.05) is 17.5 Å². The number of fused-ring (bicyclic) bond motifs is 1. The van der Waals surface area contributed by atoms with Gasteiger partial charge in [-0.3, -0.25) is 0 Å². The minimum absolute atomic E-state index is 0.0427. The Morgan fingerprint density at radius 3 is 2.58 bits per heavy atom. The van der Waals surface area contributed by atoms with Crippen LogP contribution in [-0.2, 0) is 10.0 Å². The summed E-state index contributed by atoms with van der Waals surface area (Å²) in [5, 5.41) is 17.0. The number of hydrogen-bond donors (Lipinski definition) is 2. The molecular weight excluding hydrogens is 511 g/mol. The van der Waals surface area contributed by atoms with Crippen molar-refractivity contribution in [1.82, 2.24) is 14.5 Å². The Bertz CT molecular complexity index is 1460. The van der Waals surface area contributed by atoms with Crippen LogP contribution in [0.25, 0.3) is 0 Å². The highest BCUT2D eigenvalue weighted by atomic mass is 35.5. The predicted octanol–water partition coefficient (Wildman–Crippen LogP) is 3.86. The van der Waals surface area contributed by atoms with E-state index in [1.54, 1.807) is 38.7 Å². The van der Waals surface area contributed by atoms with Gasteiger partial charge < -0.3 is 14.4 Å². The number of aromatic amines is 1. The molecule has 0 saturated carbocycles. The van der Waals surface area contributed by atoms with Gasteiger partial charge in [-0.1, -0.05) is 24.6 Å². The summed E-state index contributed by atoms with van der Waals surface area (Å²) in [4.78, 5) is 13.5. The van der Waals surface area contributed by atoms with E-state index in [1.807, 2.05) is 6.92 Å². The molecule has 0 amide bonds. The summed E-state index contributed by atoms with van der Waals surface area (Å²) < 4.78 is 49.5. The first kappa shape index (κ1) is 26.3. The molecule has 0 saturated heterocycles. The lowest BCUT2D eigenvalue weighted by molar-refractivity contribution is 0.0834. The van der Waals surface area contributed by atoms with E-state index >= 15 is 4.39 Å². The summed E-state index contributed by atoms with van der Waals surface area (Å²) >= 11 is 6.18. The Labute approximate surface area is 213 Å². The molecular formula is C24H28ClFN4O5S. The van der Waals surface area contributed by atoms with Crippen molar-refractivity contribution in [1.29, 1.82) is 0 Å². The fourth-order valence-electron chi connectivity index (χ4n) is 4.72. The number of rotatable bonds is 6. The highest BCUT2D eigenvalue weighted by Crippen LogP contribution is 2.45. The van der Waals surface area contributed by atoms with Crippen LogP contribution in [0.5, 0.6) is 0 Å². The second kappa shape index (κ2) is 9.29. The summed E-state index contributed by atoms with van der Waals surface area (Å²) in [6.45, 7) is 8.29. The van der Waals surface area contributed by atoms with Crippen molar-refractivity contribution in [2.24, 2.45) is 0 Å². The molecule has 1 aromatic heterocycles. The summed E-state index contributed by atoms with van der Waals surface area (Å²) in [5.41, 5.74) is 0.905. The van der Waals surface area contributed by atoms with E-state index in [0.717, 1.165) is 9.87 Å². The molecule has 1 aliphatic heterocycles. The highest BCUT2D eigenvalue weighted by molar-refractivity contribution is 7.89. The first-order chi connectivity index (χ1) is 16.7. The van der Waals surface area contributed by atoms with Gasteiger partial charge in [0.1, 0.15) is 16.8 Å². The molecule has 2 aromatic carbocycles. The minimum atomic E-state index is -4.20. The molecule has 1 aliphatic rings. The predicted molar refractivity (Wildman–Crippen MR) is 133 cm³/mol. The van der Waals surface area contributed by atoms with Gasteiger partial charge in [-0.2, -0.15) is 4.31 Å². The lowest BCUT2D eigenvalue weighted by Crippen LogP contribution is -2.52. The Balaban J connectivity index is 1.94. The number of aromatic nitrogens is 2. The SMILES string of the molecule is Cc1ccc(F)c([C@@H](C)[C@@H](c2n[nH]c(=O)o2)N2CN(CC(C)(C)O)c3cc(Cl)ccc3S2(=O)=O)c1C. The zero-order valence-electron chi connectivity index (χ0n) is 20.5. The number of sulfonamides is 1. The zero-order chi connectivity index (χ0) is 26.6. The maximum Gasteiger partial charge on any atom is 0.434 e. The van der Waals surface area contributed by atoms with Crippen LogP contribution >= 0.6 is 11.6 Å². The number of halogens is 2. The first-order valence-corrected chi connectivity index (χ1v) is 13.1. The van der Waals surface area contributed by atoms with Gasteiger partial charge in [0.05, 0.1) is 18.0 Å². The number of aliphatic hydroxyl groups is 1. The molecule has 194 valence electrons. The van der Waals surface area contributed by atoms with Crippen LogP contribution in [0.1, 0.15) is 55.3 Å². The van der Waals surface area contributed by atoms with Crippen molar-refractivity contribution in [3.05, 3.63) is 74.3 Å². The van der Waals surface area contributed by atoms with Crippen molar-refractivity contribution in [3.63, 3.8) is 0 Å². The summed E-state index contributed by atoms with van der Waals surface area (Å²) in [6.07, 6.45) is 0. The van der Waals surface area contributed by atoms with Crippen LogP contribution in [0.4, 0.5) is 10.1 Å². The summed E-state index contributed by atoms with van der Waals surface area (Å²) in [7, 11) is -4.20. The molecule has 0 bridgehead atoms. The average Bonchev–Trinajstić information content (AvgIpc) is 3.19. The largest absolute Gasteiger partial charge is 0.434 e. The third kappa shape index (κ3) is 4.80. The third-order valence-corrected chi connectivity index (χ3v) is 8.51. The Morgan fingerprint density at radius 2 is 1.97 bits per heavy atom. The van der Waals surface area contributed by atoms with Crippen LogP contribution in [0.15, 0.2) is 44.4 Å². The normalized spacial score (nSPS) is 17.6. The van der Waals surface area contributed by atoms with Crippen LogP contribution in [0.3, 0.4) is 0 Å². The molecule has 2 heterocycles. The molecule has 0 fully saturated rings. The zero-order valence-corrected chi connectivity index (χ0v) is 22.1. The Kier molecular flexibility index (Phi) is 6.80.